The summed E-state index contributed by atoms with van der Waals surface area (Å²) in [6, 6.07) is 6.40. The van der Waals surface area contributed by atoms with Crippen molar-refractivity contribution in [3.05, 3.63) is 29.0 Å². The van der Waals surface area contributed by atoms with E-state index in [-0.39, 0.29) is 25.2 Å². The molecule has 11 nitrogen and oxygen atoms in total. The molecule has 13 heteroatoms. The highest BCUT2D eigenvalue weighted by Gasteiger charge is 2.54. The van der Waals surface area contributed by atoms with Crippen molar-refractivity contribution in [3.63, 3.8) is 0 Å². The van der Waals surface area contributed by atoms with Gasteiger partial charge < -0.3 is 24.2 Å². The summed E-state index contributed by atoms with van der Waals surface area (Å²) in [5.41, 5.74) is 7.51. The number of likely N-dealkylation sites (N-methyl/N-ethyl adjacent to an activating group) is 1. The maximum absolute atomic E-state index is 13.5. The van der Waals surface area contributed by atoms with E-state index in [1.807, 2.05) is 13.1 Å². The quantitative estimate of drug-likeness (QED) is 0.159. The molecule has 3 atom stereocenters. The molecular weight excluding hydrogens is 665 g/mol. The second kappa shape index (κ2) is 14.6. The Morgan fingerprint density at radius 1 is 1.10 bits per heavy atom. The van der Waals surface area contributed by atoms with Crippen LogP contribution in [0.3, 0.4) is 0 Å². The number of imidazole rings is 1. The number of aryl methyl sites for hydroxylation is 1. The number of hydrogen-bond acceptors (Lipinski definition) is 8. The van der Waals surface area contributed by atoms with E-state index in [1.165, 1.54) is 17.7 Å². The summed E-state index contributed by atoms with van der Waals surface area (Å²) in [6.45, 7) is 23.0. The summed E-state index contributed by atoms with van der Waals surface area (Å²) in [5.74, 6) is 1.50. The molecule has 1 N–H and O–H groups in total. The number of morpholine rings is 1. The van der Waals surface area contributed by atoms with Crippen molar-refractivity contribution in [2.24, 2.45) is 11.3 Å². The van der Waals surface area contributed by atoms with E-state index < -0.39 is 16.1 Å². The van der Waals surface area contributed by atoms with Crippen molar-refractivity contribution in [2.75, 3.05) is 58.0 Å². The summed E-state index contributed by atoms with van der Waals surface area (Å²) in [7, 11) is -0.630. The summed E-state index contributed by atoms with van der Waals surface area (Å²) >= 11 is 0. The Balaban J connectivity index is 1.34. The monoisotopic (exact) mass is 724 g/mol. The van der Waals surface area contributed by atoms with Crippen LogP contribution in [0.1, 0.15) is 30.2 Å². The molecule has 3 heterocycles. The van der Waals surface area contributed by atoms with Crippen molar-refractivity contribution < 1.29 is 24.1 Å². The largest absolute Gasteiger partial charge is 0.394 e. The number of benzene rings is 1. The Morgan fingerprint density at radius 3 is 2.48 bits per heavy atom. The molecule has 3 aromatic rings. The number of aliphatic hydroxyl groups is 1. The van der Waals surface area contributed by atoms with Crippen molar-refractivity contribution in [2.45, 2.75) is 104 Å². The number of carbonyl (C=O) groups excluding carboxylic acids is 1. The van der Waals surface area contributed by atoms with E-state index in [4.69, 9.17) is 24.3 Å². The Bertz CT molecular complexity index is 1690. The molecule has 0 radical (unpaired) electrons. The molecule has 6 rings (SSSR count). The lowest BCUT2D eigenvalue weighted by Crippen LogP contribution is -2.48. The molecule has 2 aliphatic carbocycles. The highest BCUT2D eigenvalue weighted by atomic mass is 28.3. The van der Waals surface area contributed by atoms with Crippen molar-refractivity contribution in [1.82, 2.24) is 24.2 Å². The molecule has 3 aliphatic rings. The molecule has 2 fully saturated rings. The van der Waals surface area contributed by atoms with E-state index in [1.54, 1.807) is 4.90 Å². The summed E-state index contributed by atoms with van der Waals surface area (Å²) in [6.07, 6.45) is 3.02. The SMILES string of the molecule is Cc1cc2c(cc1N(C)C(=O)CN1CCO[C@H](CO)C1)nc(-c1nn(COCC[Si](C)(C)C)c3c1C[C@@H]1C[C@]1(C)C3)n2COCC[Si](C)(C)C. The van der Waals surface area contributed by atoms with Crippen LogP contribution in [0.25, 0.3) is 22.6 Å². The normalized spacial score (nSPS) is 22.5. The van der Waals surface area contributed by atoms with Crippen LogP contribution in [0, 0.1) is 18.3 Å². The second-order valence-electron chi connectivity index (χ2n) is 17.8. The van der Waals surface area contributed by atoms with Crippen LogP contribution in [0.15, 0.2) is 12.1 Å². The molecule has 1 saturated carbocycles. The molecule has 1 aliphatic heterocycles. The van der Waals surface area contributed by atoms with Gasteiger partial charge in [-0.25, -0.2) is 9.67 Å². The van der Waals surface area contributed by atoms with Crippen molar-refractivity contribution in [3.8, 4) is 11.5 Å². The second-order valence-corrected chi connectivity index (χ2v) is 29.0. The predicted molar refractivity (Wildman–Crippen MR) is 204 cm³/mol. The average molecular weight is 725 g/mol. The first-order chi connectivity index (χ1) is 23.5. The van der Waals surface area contributed by atoms with Crippen LogP contribution in [-0.2, 0) is 45.3 Å². The van der Waals surface area contributed by atoms with E-state index in [9.17, 15) is 9.90 Å². The minimum Gasteiger partial charge on any atom is -0.394 e. The Labute approximate surface area is 300 Å². The van der Waals surface area contributed by atoms with Gasteiger partial charge in [-0.1, -0.05) is 46.2 Å². The van der Waals surface area contributed by atoms with Crippen molar-refractivity contribution >= 4 is 38.8 Å². The Kier molecular flexibility index (Phi) is 10.9. The van der Waals surface area contributed by atoms with Gasteiger partial charge >= 0.3 is 0 Å². The number of hydrogen-bond donors (Lipinski definition) is 1. The molecule has 0 spiro atoms. The fraction of sp³-hybridized carbons (Fsp3) is 0.703. The Morgan fingerprint density at radius 2 is 1.80 bits per heavy atom. The van der Waals surface area contributed by atoms with Gasteiger partial charge in [0.25, 0.3) is 0 Å². The first-order valence-electron chi connectivity index (χ1n) is 18.5. The smallest absolute Gasteiger partial charge is 0.240 e. The summed E-state index contributed by atoms with van der Waals surface area (Å²) in [4.78, 5) is 22.6. The fourth-order valence-electron chi connectivity index (χ4n) is 7.37. The number of carbonyl (C=O) groups is 1. The van der Waals surface area contributed by atoms with Crippen LogP contribution in [0.2, 0.25) is 51.4 Å². The molecule has 1 aromatic carbocycles. The third-order valence-electron chi connectivity index (χ3n) is 11.0. The van der Waals surface area contributed by atoms with Crippen LogP contribution < -0.4 is 4.90 Å². The molecule has 0 bridgehead atoms. The van der Waals surface area contributed by atoms with E-state index in [0.717, 1.165) is 65.3 Å². The molecule has 2 aromatic heterocycles. The molecular formula is C37H60N6O5Si2. The predicted octanol–water partition coefficient (Wildman–Crippen LogP) is 5.61. The van der Waals surface area contributed by atoms with Gasteiger partial charge in [-0.3, -0.25) is 14.3 Å². The van der Waals surface area contributed by atoms with Crippen LogP contribution in [-0.4, -0.2) is 111 Å². The van der Waals surface area contributed by atoms with Gasteiger partial charge in [-0.05, 0) is 67.3 Å². The molecule has 1 amide bonds. The zero-order chi connectivity index (χ0) is 36.0. The number of fused-ring (bicyclic) bond motifs is 3. The number of amides is 1. The third kappa shape index (κ3) is 8.45. The molecule has 0 unspecified atom stereocenters. The highest BCUT2D eigenvalue weighted by Crippen LogP contribution is 2.60. The number of ether oxygens (including phenoxy) is 3. The lowest BCUT2D eigenvalue weighted by molar-refractivity contribution is -0.122. The number of aromatic nitrogens is 4. The molecule has 276 valence electrons. The maximum atomic E-state index is 13.5. The maximum Gasteiger partial charge on any atom is 0.240 e. The average Bonchev–Trinajstić information content (AvgIpc) is 3.42. The number of nitrogens with zero attached hydrogens (tertiary/aromatic N) is 6. The highest BCUT2D eigenvalue weighted by molar-refractivity contribution is 6.76. The first kappa shape index (κ1) is 37.4. The van der Waals surface area contributed by atoms with Gasteiger partial charge in [-0.15, -0.1) is 0 Å². The minimum atomic E-state index is -1.26. The van der Waals surface area contributed by atoms with Gasteiger partial charge in [0.2, 0.25) is 5.91 Å². The summed E-state index contributed by atoms with van der Waals surface area (Å²) in [5, 5.41) is 14.8. The number of aliphatic hydroxyl groups excluding tert-OH is 1. The zero-order valence-electron chi connectivity index (χ0n) is 32.0. The number of anilines is 1. The van der Waals surface area contributed by atoms with E-state index in [0.29, 0.717) is 51.1 Å². The standard InChI is InChI=1S/C37H60N6O5Si2/c1-26-16-32-30(18-31(26)40(3)34(45)22-41-10-11-48-28(21-41)23-44)38-36(42(32)24-46-12-14-49(4,5)6)35-29-17-27-19-37(27,2)20-33(29)43(39-35)25-47-13-15-50(7,8)9/h16,18,27-28,44H,10-15,17,19-25H2,1-9H3/t27-,28+,37-/m1/s1. The van der Waals surface area contributed by atoms with Gasteiger partial charge in [0.15, 0.2) is 5.82 Å². The van der Waals surface area contributed by atoms with Gasteiger partial charge in [-0.2, -0.15) is 5.10 Å². The molecule has 1 saturated heterocycles. The third-order valence-corrected chi connectivity index (χ3v) is 14.4. The number of rotatable bonds is 15. The minimum absolute atomic E-state index is 0.00482. The molecule has 50 heavy (non-hydrogen) atoms. The van der Waals surface area contributed by atoms with Gasteiger partial charge in [0, 0.05) is 66.4 Å². The van der Waals surface area contributed by atoms with Crippen LogP contribution in [0.4, 0.5) is 5.69 Å². The fourth-order valence-corrected chi connectivity index (χ4v) is 8.88. The van der Waals surface area contributed by atoms with Gasteiger partial charge in [0.05, 0.1) is 36.9 Å². The van der Waals surface area contributed by atoms with E-state index >= 15 is 0 Å². The van der Waals surface area contributed by atoms with Crippen LogP contribution in [0.5, 0.6) is 0 Å². The van der Waals surface area contributed by atoms with Crippen molar-refractivity contribution in [1.29, 1.82) is 0 Å². The van der Waals surface area contributed by atoms with Crippen LogP contribution >= 0.6 is 0 Å². The zero-order valence-corrected chi connectivity index (χ0v) is 34.0. The Hall–Kier alpha value is -2.40. The topological polar surface area (TPSA) is 107 Å². The first-order valence-corrected chi connectivity index (χ1v) is 25.9. The lowest BCUT2D eigenvalue weighted by atomic mass is 9.87. The van der Waals surface area contributed by atoms with E-state index in [2.05, 4.69) is 73.3 Å². The lowest BCUT2D eigenvalue weighted by Gasteiger charge is -2.32. The summed E-state index contributed by atoms with van der Waals surface area (Å²) < 4.78 is 22.6. The van der Waals surface area contributed by atoms with Gasteiger partial charge in [0.1, 0.15) is 19.2 Å².